The number of hydrogen-bond donors (Lipinski definition) is 1. The van der Waals surface area contributed by atoms with Gasteiger partial charge in [0.25, 0.3) is 0 Å². The molecular weight excluding hydrogens is 362 g/mol. The van der Waals surface area contributed by atoms with E-state index in [9.17, 15) is 8.42 Å². The summed E-state index contributed by atoms with van der Waals surface area (Å²) in [4.78, 5) is 1.75. The van der Waals surface area contributed by atoms with Gasteiger partial charge in [0.2, 0.25) is 10.0 Å². The lowest BCUT2D eigenvalue weighted by Gasteiger charge is -2.36. The molecule has 26 heavy (non-hydrogen) atoms. The molecule has 4 rings (SSSR count). The molecule has 5 heteroatoms. The van der Waals surface area contributed by atoms with Gasteiger partial charge in [-0.2, -0.15) is 0 Å². The van der Waals surface area contributed by atoms with Crippen LogP contribution in [0.5, 0.6) is 0 Å². The highest BCUT2D eigenvalue weighted by Gasteiger charge is 2.36. The van der Waals surface area contributed by atoms with Crippen LogP contribution in [0.1, 0.15) is 60.9 Å². The molecule has 2 aliphatic carbocycles. The van der Waals surface area contributed by atoms with E-state index in [0.717, 1.165) is 32.1 Å². The molecule has 0 amide bonds. The van der Waals surface area contributed by atoms with E-state index in [0.29, 0.717) is 11.4 Å². The van der Waals surface area contributed by atoms with Crippen molar-refractivity contribution in [1.82, 2.24) is 4.72 Å². The van der Waals surface area contributed by atoms with Crippen molar-refractivity contribution in [2.45, 2.75) is 68.1 Å². The molecule has 140 valence electrons. The van der Waals surface area contributed by atoms with Crippen molar-refractivity contribution < 1.29 is 8.42 Å². The third-order valence-electron chi connectivity index (χ3n) is 6.09. The summed E-state index contributed by atoms with van der Waals surface area (Å²) in [5.41, 5.74) is 2.50. The van der Waals surface area contributed by atoms with Crippen LogP contribution in [0.15, 0.2) is 40.6 Å². The summed E-state index contributed by atoms with van der Waals surface area (Å²) < 4.78 is 28.9. The lowest BCUT2D eigenvalue weighted by Crippen LogP contribution is -2.41. The molecule has 1 heterocycles. The van der Waals surface area contributed by atoms with Gasteiger partial charge in [0.05, 0.1) is 4.90 Å². The number of thiophene rings is 1. The Morgan fingerprint density at radius 3 is 2.46 bits per heavy atom. The summed E-state index contributed by atoms with van der Waals surface area (Å²) in [6.45, 7) is 0.507. The first-order valence-corrected chi connectivity index (χ1v) is 12.1. The maximum atomic E-state index is 13.0. The van der Waals surface area contributed by atoms with Crippen LogP contribution < -0.4 is 4.72 Å². The fourth-order valence-corrected chi connectivity index (χ4v) is 6.68. The number of hydrogen-bond acceptors (Lipinski definition) is 3. The van der Waals surface area contributed by atoms with Gasteiger partial charge in [0.15, 0.2) is 0 Å². The van der Waals surface area contributed by atoms with E-state index >= 15 is 0 Å². The summed E-state index contributed by atoms with van der Waals surface area (Å²) >= 11 is 1.76. The predicted octanol–water partition coefficient (Wildman–Crippen LogP) is 4.81. The number of fused-ring (bicyclic) bond motifs is 1. The van der Waals surface area contributed by atoms with Gasteiger partial charge in [-0.3, -0.25) is 0 Å². The lowest BCUT2D eigenvalue weighted by molar-refractivity contribution is 0.298. The lowest BCUT2D eigenvalue weighted by atomic mass is 9.73. The second-order valence-electron chi connectivity index (χ2n) is 7.78. The van der Waals surface area contributed by atoms with Crippen LogP contribution in [-0.2, 0) is 28.3 Å². The summed E-state index contributed by atoms with van der Waals surface area (Å²) in [5.74, 6) is 0. The van der Waals surface area contributed by atoms with Crippen LogP contribution in [0.25, 0.3) is 0 Å². The van der Waals surface area contributed by atoms with Gasteiger partial charge in [0, 0.05) is 16.8 Å². The second-order valence-corrected chi connectivity index (χ2v) is 10.5. The van der Waals surface area contributed by atoms with Crippen molar-refractivity contribution in [3.05, 3.63) is 51.7 Å². The molecule has 2 aromatic rings. The van der Waals surface area contributed by atoms with Crippen LogP contribution in [-0.4, -0.2) is 15.0 Å². The minimum absolute atomic E-state index is 0.0340. The van der Waals surface area contributed by atoms with Crippen molar-refractivity contribution in [2.24, 2.45) is 0 Å². The minimum Gasteiger partial charge on any atom is -0.210 e. The molecule has 0 bridgehead atoms. The third-order valence-corrected chi connectivity index (χ3v) is 8.60. The normalized spacial score (nSPS) is 19.8. The van der Waals surface area contributed by atoms with Gasteiger partial charge in [0.1, 0.15) is 0 Å². The maximum absolute atomic E-state index is 13.0. The molecule has 1 saturated carbocycles. The fourth-order valence-electron chi connectivity index (χ4n) is 4.51. The Hall–Kier alpha value is -1.17. The Kier molecular flexibility index (Phi) is 5.22. The van der Waals surface area contributed by atoms with E-state index < -0.39 is 10.0 Å². The van der Waals surface area contributed by atoms with Crippen molar-refractivity contribution in [3.8, 4) is 0 Å². The van der Waals surface area contributed by atoms with Crippen molar-refractivity contribution in [3.63, 3.8) is 0 Å². The molecular formula is C21H27NO2S2. The van der Waals surface area contributed by atoms with Gasteiger partial charge in [-0.15, -0.1) is 11.3 Å². The minimum atomic E-state index is -3.47. The van der Waals surface area contributed by atoms with Crippen LogP contribution in [0.3, 0.4) is 0 Å². The molecule has 1 fully saturated rings. The average molecular weight is 390 g/mol. The maximum Gasteiger partial charge on any atom is 0.240 e. The Morgan fingerprint density at radius 2 is 1.73 bits per heavy atom. The molecule has 0 atom stereocenters. The van der Waals surface area contributed by atoms with Gasteiger partial charge in [-0.05, 0) is 73.2 Å². The van der Waals surface area contributed by atoms with Crippen molar-refractivity contribution in [1.29, 1.82) is 0 Å². The molecule has 0 radical (unpaired) electrons. The quantitative estimate of drug-likeness (QED) is 0.798. The number of nitrogens with one attached hydrogen (secondary N) is 1. The molecule has 0 aliphatic heterocycles. The Bertz CT molecular complexity index is 850. The summed E-state index contributed by atoms with van der Waals surface area (Å²) in [5, 5.41) is 2.10. The highest BCUT2D eigenvalue weighted by Crippen LogP contribution is 2.41. The standard InChI is InChI=1S/C21H27NO2S2/c23-26(24,19-11-10-17-7-2-3-8-18(17)15-19)22-16-21(12-4-1-5-13-21)20-9-6-14-25-20/h6,9-11,14-15,22H,1-5,7-8,12-13,16H2. The zero-order valence-electron chi connectivity index (χ0n) is 15.2. The smallest absolute Gasteiger partial charge is 0.210 e. The highest BCUT2D eigenvalue weighted by molar-refractivity contribution is 7.89. The Labute approximate surface area is 160 Å². The van der Waals surface area contributed by atoms with E-state index in [1.807, 2.05) is 12.1 Å². The molecule has 1 aromatic carbocycles. The Balaban J connectivity index is 1.55. The van der Waals surface area contributed by atoms with Gasteiger partial charge < -0.3 is 0 Å². The van der Waals surface area contributed by atoms with Gasteiger partial charge in [-0.1, -0.05) is 31.4 Å². The number of benzene rings is 1. The summed E-state index contributed by atoms with van der Waals surface area (Å²) in [7, 11) is -3.47. The molecule has 1 N–H and O–H groups in total. The zero-order valence-corrected chi connectivity index (χ0v) is 16.8. The second kappa shape index (κ2) is 7.45. The molecule has 2 aliphatic rings. The summed E-state index contributed by atoms with van der Waals surface area (Å²) in [6.07, 6.45) is 10.2. The van der Waals surface area contributed by atoms with Crippen molar-refractivity contribution >= 4 is 21.4 Å². The summed E-state index contributed by atoms with van der Waals surface area (Å²) in [6, 6.07) is 9.94. The first-order chi connectivity index (χ1) is 12.6. The van der Waals surface area contributed by atoms with E-state index in [1.54, 1.807) is 17.4 Å². The molecule has 1 aromatic heterocycles. The van der Waals surface area contributed by atoms with Crippen LogP contribution >= 0.6 is 11.3 Å². The van der Waals surface area contributed by atoms with Gasteiger partial charge in [-0.25, -0.2) is 13.1 Å². The zero-order chi connectivity index (χ0) is 18.0. The third kappa shape index (κ3) is 3.62. The number of sulfonamides is 1. The van der Waals surface area contributed by atoms with Crippen LogP contribution in [0, 0.1) is 0 Å². The highest BCUT2D eigenvalue weighted by atomic mass is 32.2. The van der Waals surface area contributed by atoms with E-state index in [4.69, 9.17) is 0 Å². The average Bonchev–Trinajstić information content (AvgIpc) is 3.22. The predicted molar refractivity (Wildman–Crippen MR) is 107 cm³/mol. The fraction of sp³-hybridized carbons (Fsp3) is 0.524. The van der Waals surface area contributed by atoms with Crippen LogP contribution in [0.2, 0.25) is 0 Å². The topological polar surface area (TPSA) is 46.2 Å². The van der Waals surface area contributed by atoms with E-state index in [1.165, 1.54) is 41.7 Å². The number of rotatable bonds is 5. The molecule has 3 nitrogen and oxygen atoms in total. The van der Waals surface area contributed by atoms with E-state index in [2.05, 4.69) is 22.2 Å². The molecule has 0 saturated heterocycles. The monoisotopic (exact) mass is 389 g/mol. The van der Waals surface area contributed by atoms with E-state index in [-0.39, 0.29) is 5.41 Å². The Morgan fingerprint density at radius 1 is 0.962 bits per heavy atom. The first-order valence-electron chi connectivity index (χ1n) is 9.75. The SMILES string of the molecule is O=S(=O)(NCC1(c2cccs2)CCCCC1)c1ccc2c(c1)CCCC2. The van der Waals surface area contributed by atoms with Gasteiger partial charge >= 0.3 is 0 Å². The van der Waals surface area contributed by atoms with Crippen LogP contribution in [0.4, 0.5) is 0 Å². The molecule has 0 spiro atoms. The van der Waals surface area contributed by atoms with Crippen molar-refractivity contribution in [2.75, 3.05) is 6.54 Å². The number of aryl methyl sites for hydroxylation is 2. The first kappa shape index (κ1) is 18.2. The molecule has 0 unspecified atom stereocenters. The largest absolute Gasteiger partial charge is 0.240 e.